The minimum absolute atomic E-state index is 0.100. The third kappa shape index (κ3) is 4.76. The SMILES string of the molecule is Cc1c(NC(=S)NC(=O)C=Cc2ccccc2)cccc1C(=O)O. The van der Waals surface area contributed by atoms with Crippen molar-refractivity contribution >= 4 is 41.0 Å². The molecule has 0 aliphatic heterocycles. The van der Waals surface area contributed by atoms with Crippen LogP contribution in [0.25, 0.3) is 6.08 Å². The van der Waals surface area contributed by atoms with Gasteiger partial charge in [0, 0.05) is 11.8 Å². The Labute approximate surface area is 145 Å². The number of aromatic carboxylic acids is 1. The molecule has 0 aliphatic carbocycles. The van der Waals surface area contributed by atoms with Crippen molar-refractivity contribution in [1.82, 2.24) is 5.32 Å². The molecule has 2 aromatic carbocycles. The Balaban J connectivity index is 1.98. The number of thiocarbonyl (C=S) groups is 1. The predicted molar refractivity (Wildman–Crippen MR) is 98.0 cm³/mol. The van der Waals surface area contributed by atoms with Gasteiger partial charge in [-0.15, -0.1) is 0 Å². The number of carboxylic acids is 1. The maximum absolute atomic E-state index is 11.9. The average Bonchev–Trinajstić information content (AvgIpc) is 2.55. The van der Waals surface area contributed by atoms with Gasteiger partial charge in [0.1, 0.15) is 0 Å². The van der Waals surface area contributed by atoms with Gasteiger partial charge in [0.2, 0.25) is 5.91 Å². The highest BCUT2D eigenvalue weighted by molar-refractivity contribution is 7.80. The molecule has 0 aliphatic rings. The van der Waals surface area contributed by atoms with Crippen molar-refractivity contribution in [1.29, 1.82) is 0 Å². The van der Waals surface area contributed by atoms with E-state index in [2.05, 4.69) is 10.6 Å². The maximum atomic E-state index is 11.9. The first-order valence-corrected chi connectivity index (χ1v) is 7.56. The molecule has 5 nitrogen and oxygen atoms in total. The van der Waals surface area contributed by atoms with Gasteiger partial charge in [-0.2, -0.15) is 0 Å². The summed E-state index contributed by atoms with van der Waals surface area (Å²) in [6.45, 7) is 1.67. The smallest absolute Gasteiger partial charge is 0.336 e. The van der Waals surface area contributed by atoms with Gasteiger partial charge in [0.05, 0.1) is 5.56 Å². The van der Waals surface area contributed by atoms with Gasteiger partial charge >= 0.3 is 5.97 Å². The summed E-state index contributed by atoms with van der Waals surface area (Å²) in [5.74, 6) is -1.39. The zero-order chi connectivity index (χ0) is 17.5. The van der Waals surface area contributed by atoms with E-state index < -0.39 is 5.97 Å². The number of hydrogen-bond donors (Lipinski definition) is 3. The number of carbonyl (C=O) groups excluding carboxylic acids is 1. The Morgan fingerprint density at radius 2 is 1.79 bits per heavy atom. The van der Waals surface area contributed by atoms with Crippen molar-refractivity contribution < 1.29 is 14.7 Å². The Hall–Kier alpha value is -2.99. The first-order valence-electron chi connectivity index (χ1n) is 7.15. The fraction of sp³-hybridized carbons (Fsp3) is 0.0556. The number of carboxylic acid groups (broad SMARTS) is 1. The summed E-state index contributed by atoms with van der Waals surface area (Å²) < 4.78 is 0. The lowest BCUT2D eigenvalue weighted by atomic mass is 10.1. The molecule has 0 atom stereocenters. The molecule has 2 aromatic rings. The predicted octanol–water partition coefficient (Wildman–Crippen LogP) is 3.22. The number of hydrogen-bond acceptors (Lipinski definition) is 3. The molecule has 0 saturated carbocycles. The monoisotopic (exact) mass is 340 g/mol. The largest absolute Gasteiger partial charge is 0.478 e. The summed E-state index contributed by atoms with van der Waals surface area (Å²) in [6.07, 6.45) is 3.05. The third-order valence-corrected chi connectivity index (χ3v) is 3.48. The quantitative estimate of drug-likeness (QED) is 0.588. The summed E-state index contributed by atoms with van der Waals surface area (Å²) in [5, 5.41) is 14.6. The zero-order valence-electron chi connectivity index (χ0n) is 12.9. The molecular formula is C18H16N2O3S. The highest BCUT2D eigenvalue weighted by Crippen LogP contribution is 2.18. The van der Waals surface area contributed by atoms with E-state index in [0.717, 1.165) is 5.56 Å². The van der Waals surface area contributed by atoms with Gasteiger partial charge in [0.25, 0.3) is 0 Å². The van der Waals surface area contributed by atoms with E-state index in [1.54, 1.807) is 25.1 Å². The fourth-order valence-corrected chi connectivity index (χ4v) is 2.26. The topological polar surface area (TPSA) is 78.4 Å². The molecular weight excluding hydrogens is 324 g/mol. The number of amides is 1. The van der Waals surface area contributed by atoms with Crippen LogP contribution in [0.5, 0.6) is 0 Å². The van der Waals surface area contributed by atoms with Crippen LogP contribution in [-0.2, 0) is 4.79 Å². The lowest BCUT2D eigenvalue weighted by Gasteiger charge is -2.12. The number of carbonyl (C=O) groups is 2. The lowest BCUT2D eigenvalue weighted by Crippen LogP contribution is -2.33. The molecule has 0 spiro atoms. The molecule has 0 saturated heterocycles. The second-order valence-corrected chi connectivity index (χ2v) is 5.38. The second-order valence-electron chi connectivity index (χ2n) is 4.97. The van der Waals surface area contributed by atoms with Crippen LogP contribution in [0, 0.1) is 6.92 Å². The standard InChI is InChI=1S/C18H16N2O3S/c1-12-14(17(22)23)8-5-9-15(12)19-18(24)20-16(21)11-10-13-6-3-2-4-7-13/h2-11H,1H3,(H,22,23)(H2,19,20,21,24). The van der Waals surface area contributed by atoms with Crippen LogP contribution in [0.15, 0.2) is 54.6 Å². The Morgan fingerprint density at radius 3 is 2.46 bits per heavy atom. The van der Waals surface area contributed by atoms with E-state index in [1.165, 1.54) is 12.1 Å². The second kappa shape index (κ2) is 8.03. The minimum Gasteiger partial charge on any atom is -0.478 e. The molecule has 2 rings (SSSR count). The highest BCUT2D eigenvalue weighted by atomic mass is 32.1. The molecule has 0 radical (unpaired) electrons. The van der Waals surface area contributed by atoms with Gasteiger partial charge in [-0.1, -0.05) is 36.4 Å². The van der Waals surface area contributed by atoms with E-state index in [-0.39, 0.29) is 16.6 Å². The van der Waals surface area contributed by atoms with Gasteiger partial charge in [-0.25, -0.2) is 4.79 Å². The number of nitrogens with one attached hydrogen (secondary N) is 2. The average molecular weight is 340 g/mol. The van der Waals surface area contributed by atoms with Crippen molar-refractivity contribution in [2.75, 3.05) is 5.32 Å². The fourth-order valence-electron chi connectivity index (χ4n) is 2.05. The molecule has 0 bridgehead atoms. The molecule has 6 heteroatoms. The first-order chi connectivity index (χ1) is 11.5. The van der Waals surface area contributed by atoms with Crippen LogP contribution in [0.4, 0.5) is 5.69 Å². The normalized spacial score (nSPS) is 10.4. The van der Waals surface area contributed by atoms with Crippen LogP contribution in [-0.4, -0.2) is 22.1 Å². The van der Waals surface area contributed by atoms with Gasteiger partial charge in [-0.05, 0) is 48.5 Å². The Kier molecular flexibility index (Phi) is 5.81. The van der Waals surface area contributed by atoms with Gasteiger partial charge in [-0.3, -0.25) is 10.1 Å². The van der Waals surface area contributed by atoms with Crippen molar-refractivity contribution in [3.05, 3.63) is 71.3 Å². The van der Waals surface area contributed by atoms with Crippen LogP contribution >= 0.6 is 12.2 Å². The number of rotatable bonds is 4. The lowest BCUT2D eigenvalue weighted by molar-refractivity contribution is -0.115. The molecule has 0 heterocycles. The molecule has 3 N–H and O–H groups in total. The number of benzene rings is 2. The van der Waals surface area contributed by atoms with Crippen molar-refractivity contribution in [2.45, 2.75) is 6.92 Å². The van der Waals surface area contributed by atoms with E-state index in [0.29, 0.717) is 11.3 Å². The molecule has 0 aromatic heterocycles. The summed E-state index contributed by atoms with van der Waals surface area (Å²) >= 11 is 5.09. The minimum atomic E-state index is -1.02. The van der Waals surface area contributed by atoms with E-state index >= 15 is 0 Å². The van der Waals surface area contributed by atoms with Crippen LogP contribution in [0.2, 0.25) is 0 Å². The van der Waals surface area contributed by atoms with Crippen LogP contribution in [0.1, 0.15) is 21.5 Å². The Bertz CT molecular complexity index is 801. The molecule has 0 unspecified atom stereocenters. The van der Waals surface area contributed by atoms with E-state index in [1.807, 2.05) is 30.3 Å². The van der Waals surface area contributed by atoms with Crippen molar-refractivity contribution in [3.63, 3.8) is 0 Å². The summed E-state index contributed by atoms with van der Waals surface area (Å²) in [4.78, 5) is 23.0. The highest BCUT2D eigenvalue weighted by Gasteiger charge is 2.11. The number of anilines is 1. The Morgan fingerprint density at radius 1 is 1.08 bits per heavy atom. The van der Waals surface area contributed by atoms with E-state index in [9.17, 15) is 9.59 Å². The molecule has 24 heavy (non-hydrogen) atoms. The summed E-state index contributed by atoms with van der Waals surface area (Å²) in [7, 11) is 0. The summed E-state index contributed by atoms with van der Waals surface area (Å²) in [5.41, 5.74) is 2.16. The molecule has 122 valence electrons. The van der Waals surface area contributed by atoms with Crippen LogP contribution in [0.3, 0.4) is 0 Å². The third-order valence-electron chi connectivity index (χ3n) is 3.28. The molecule has 1 amide bonds. The van der Waals surface area contributed by atoms with Crippen molar-refractivity contribution in [2.24, 2.45) is 0 Å². The van der Waals surface area contributed by atoms with Gasteiger partial charge < -0.3 is 10.4 Å². The zero-order valence-corrected chi connectivity index (χ0v) is 13.8. The summed E-state index contributed by atoms with van der Waals surface area (Å²) in [6, 6.07) is 14.2. The molecule has 0 fully saturated rings. The van der Waals surface area contributed by atoms with Gasteiger partial charge in [0.15, 0.2) is 5.11 Å². The maximum Gasteiger partial charge on any atom is 0.336 e. The van der Waals surface area contributed by atoms with E-state index in [4.69, 9.17) is 17.3 Å². The van der Waals surface area contributed by atoms with Crippen LogP contribution < -0.4 is 10.6 Å². The van der Waals surface area contributed by atoms with Crippen molar-refractivity contribution in [3.8, 4) is 0 Å². The first kappa shape index (κ1) is 17.4.